The van der Waals surface area contributed by atoms with Crippen LogP contribution in [0.3, 0.4) is 0 Å². The molecule has 2 unspecified atom stereocenters. The second-order valence-corrected chi connectivity index (χ2v) is 7.05. The van der Waals surface area contributed by atoms with E-state index in [1.165, 1.54) is 38.2 Å². The van der Waals surface area contributed by atoms with Gasteiger partial charge < -0.3 is 10.2 Å². The number of para-hydroxylation sites is 1. The first-order valence-electron chi connectivity index (χ1n) is 7.64. The standard InChI is InChI=1S/C17H26N2/c1-17(2,3)19-12-15(13-7-6-10-18-11-13)14-8-4-5-9-16(14)19/h4-5,8-9,13,15,18H,6-7,10-12H2,1-3H3. The number of hydrogen-bond donors (Lipinski definition) is 1. The summed E-state index contributed by atoms with van der Waals surface area (Å²) in [5.74, 6) is 1.52. The Labute approximate surface area is 117 Å². The van der Waals surface area contributed by atoms with Crippen LogP contribution < -0.4 is 10.2 Å². The first-order valence-corrected chi connectivity index (χ1v) is 7.64. The van der Waals surface area contributed by atoms with Crippen LogP contribution in [-0.4, -0.2) is 25.2 Å². The van der Waals surface area contributed by atoms with Crippen molar-refractivity contribution in [3.63, 3.8) is 0 Å². The third kappa shape index (κ3) is 2.38. The van der Waals surface area contributed by atoms with E-state index in [2.05, 4.69) is 55.3 Å². The molecule has 2 aliphatic rings. The van der Waals surface area contributed by atoms with Gasteiger partial charge in [0.15, 0.2) is 0 Å². The molecule has 0 spiro atoms. The van der Waals surface area contributed by atoms with Crippen molar-refractivity contribution in [2.75, 3.05) is 24.5 Å². The highest BCUT2D eigenvalue weighted by molar-refractivity contribution is 5.62. The largest absolute Gasteiger partial charge is 0.366 e. The Morgan fingerprint density at radius 3 is 2.68 bits per heavy atom. The summed E-state index contributed by atoms with van der Waals surface area (Å²) in [6.45, 7) is 10.6. The van der Waals surface area contributed by atoms with Crippen molar-refractivity contribution in [3.8, 4) is 0 Å². The van der Waals surface area contributed by atoms with Crippen molar-refractivity contribution < 1.29 is 0 Å². The Hall–Kier alpha value is -1.02. The van der Waals surface area contributed by atoms with Crippen molar-refractivity contribution in [2.24, 2.45) is 5.92 Å². The van der Waals surface area contributed by atoms with Gasteiger partial charge in [0.05, 0.1) is 0 Å². The Morgan fingerprint density at radius 1 is 1.21 bits per heavy atom. The minimum Gasteiger partial charge on any atom is -0.366 e. The Kier molecular flexibility index (Phi) is 3.30. The maximum Gasteiger partial charge on any atom is 0.0406 e. The van der Waals surface area contributed by atoms with Crippen LogP contribution >= 0.6 is 0 Å². The van der Waals surface area contributed by atoms with Crippen LogP contribution in [0.1, 0.15) is 45.1 Å². The molecule has 0 radical (unpaired) electrons. The van der Waals surface area contributed by atoms with E-state index in [0.29, 0.717) is 5.92 Å². The first-order chi connectivity index (χ1) is 9.07. The molecule has 0 aromatic heterocycles. The normalized spacial score (nSPS) is 27.4. The molecular formula is C17H26N2. The van der Waals surface area contributed by atoms with Crippen molar-refractivity contribution >= 4 is 5.69 Å². The zero-order chi connectivity index (χ0) is 13.5. The molecule has 0 saturated carbocycles. The van der Waals surface area contributed by atoms with Gasteiger partial charge in [-0.25, -0.2) is 0 Å². The summed E-state index contributed by atoms with van der Waals surface area (Å²) in [7, 11) is 0. The SMILES string of the molecule is CC(C)(C)N1CC(C2CCCNC2)c2ccccc21. The molecular weight excluding hydrogens is 232 g/mol. The lowest BCUT2D eigenvalue weighted by Crippen LogP contribution is -2.42. The molecule has 1 saturated heterocycles. The van der Waals surface area contributed by atoms with Crippen LogP contribution in [0.4, 0.5) is 5.69 Å². The Bertz CT molecular complexity index is 441. The predicted molar refractivity (Wildman–Crippen MR) is 81.9 cm³/mol. The Balaban J connectivity index is 1.92. The van der Waals surface area contributed by atoms with Gasteiger partial charge in [0, 0.05) is 23.7 Å². The monoisotopic (exact) mass is 258 g/mol. The van der Waals surface area contributed by atoms with E-state index in [1.54, 1.807) is 5.56 Å². The Morgan fingerprint density at radius 2 is 2.00 bits per heavy atom. The molecule has 0 bridgehead atoms. The fourth-order valence-corrected chi connectivity index (χ4v) is 3.70. The molecule has 0 amide bonds. The third-order valence-corrected chi connectivity index (χ3v) is 4.72. The molecule has 1 fully saturated rings. The maximum absolute atomic E-state index is 3.58. The number of anilines is 1. The molecule has 1 N–H and O–H groups in total. The minimum atomic E-state index is 0.215. The zero-order valence-corrected chi connectivity index (χ0v) is 12.4. The van der Waals surface area contributed by atoms with Crippen LogP contribution in [0.25, 0.3) is 0 Å². The quantitative estimate of drug-likeness (QED) is 0.830. The molecule has 1 aromatic rings. The number of nitrogens with one attached hydrogen (secondary N) is 1. The van der Waals surface area contributed by atoms with Crippen LogP contribution in [0, 0.1) is 5.92 Å². The molecule has 19 heavy (non-hydrogen) atoms. The number of benzene rings is 1. The van der Waals surface area contributed by atoms with E-state index < -0.39 is 0 Å². The van der Waals surface area contributed by atoms with Gasteiger partial charge in [-0.3, -0.25) is 0 Å². The highest BCUT2D eigenvalue weighted by Gasteiger charge is 2.38. The van der Waals surface area contributed by atoms with Gasteiger partial charge in [0.1, 0.15) is 0 Å². The number of nitrogens with zero attached hydrogens (tertiary/aromatic N) is 1. The molecule has 3 rings (SSSR count). The summed E-state index contributed by atoms with van der Waals surface area (Å²) in [4.78, 5) is 2.60. The van der Waals surface area contributed by atoms with Crippen LogP contribution in [0.5, 0.6) is 0 Å². The molecule has 0 aliphatic carbocycles. The molecule has 2 atom stereocenters. The van der Waals surface area contributed by atoms with Crippen LogP contribution in [0.15, 0.2) is 24.3 Å². The molecule has 2 nitrogen and oxygen atoms in total. The van der Waals surface area contributed by atoms with E-state index >= 15 is 0 Å². The van der Waals surface area contributed by atoms with Gasteiger partial charge in [-0.1, -0.05) is 18.2 Å². The lowest BCUT2D eigenvalue weighted by molar-refractivity contribution is 0.323. The highest BCUT2D eigenvalue weighted by atomic mass is 15.2. The van der Waals surface area contributed by atoms with Crippen molar-refractivity contribution in [1.82, 2.24) is 5.32 Å². The summed E-state index contributed by atoms with van der Waals surface area (Å²) in [6.07, 6.45) is 2.71. The van der Waals surface area contributed by atoms with Crippen molar-refractivity contribution in [2.45, 2.75) is 45.1 Å². The van der Waals surface area contributed by atoms with Gasteiger partial charge in [-0.05, 0) is 64.3 Å². The average molecular weight is 258 g/mol. The molecule has 104 valence electrons. The van der Waals surface area contributed by atoms with Crippen LogP contribution in [-0.2, 0) is 0 Å². The second-order valence-electron chi connectivity index (χ2n) is 7.05. The fourth-order valence-electron chi connectivity index (χ4n) is 3.70. The van der Waals surface area contributed by atoms with E-state index in [1.807, 2.05) is 0 Å². The zero-order valence-electron chi connectivity index (χ0n) is 12.4. The first kappa shape index (κ1) is 13.0. The van der Waals surface area contributed by atoms with E-state index in [4.69, 9.17) is 0 Å². The van der Waals surface area contributed by atoms with Crippen molar-refractivity contribution in [1.29, 1.82) is 0 Å². The lowest BCUT2D eigenvalue weighted by atomic mass is 9.83. The van der Waals surface area contributed by atoms with Gasteiger partial charge in [0.2, 0.25) is 0 Å². The van der Waals surface area contributed by atoms with Gasteiger partial charge >= 0.3 is 0 Å². The third-order valence-electron chi connectivity index (χ3n) is 4.72. The topological polar surface area (TPSA) is 15.3 Å². The van der Waals surface area contributed by atoms with E-state index in [-0.39, 0.29) is 5.54 Å². The number of piperidine rings is 1. The predicted octanol–water partition coefficient (Wildman–Crippen LogP) is 3.39. The number of rotatable bonds is 1. The highest BCUT2D eigenvalue weighted by Crippen LogP contribution is 2.44. The van der Waals surface area contributed by atoms with Crippen LogP contribution in [0.2, 0.25) is 0 Å². The molecule has 2 heteroatoms. The molecule has 2 aliphatic heterocycles. The summed E-state index contributed by atoms with van der Waals surface area (Å²) in [5, 5.41) is 3.58. The number of fused-ring (bicyclic) bond motifs is 1. The summed E-state index contributed by atoms with van der Waals surface area (Å²) in [5.41, 5.74) is 3.25. The fraction of sp³-hybridized carbons (Fsp3) is 0.647. The minimum absolute atomic E-state index is 0.215. The lowest BCUT2D eigenvalue weighted by Gasteiger charge is -2.36. The van der Waals surface area contributed by atoms with Gasteiger partial charge in [0.25, 0.3) is 0 Å². The smallest absolute Gasteiger partial charge is 0.0406 e. The van der Waals surface area contributed by atoms with E-state index in [9.17, 15) is 0 Å². The van der Waals surface area contributed by atoms with Gasteiger partial charge in [-0.2, -0.15) is 0 Å². The molecule has 2 heterocycles. The summed E-state index contributed by atoms with van der Waals surface area (Å²) >= 11 is 0. The molecule has 1 aromatic carbocycles. The number of hydrogen-bond acceptors (Lipinski definition) is 2. The van der Waals surface area contributed by atoms with Crippen molar-refractivity contribution in [3.05, 3.63) is 29.8 Å². The van der Waals surface area contributed by atoms with E-state index in [0.717, 1.165) is 5.92 Å². The second kappa shape index (κ2) is 4.82. The maximum atomic E-state index is 3.58. The average Bonchev–Trinajstić information content (AvgIpc) is 2.79. The summed E-state index contributed by atoms with van der Waals surface area (Å²) < 4.78 is 0. The summed E-state index contributed by atoms with van der Waals surface area (Å²) in [6, 6.07) is 9.03. The van der Waals surface area contributed by atoms with Gasteiger partial charge in [-0.15, -0.1) is 0 Å².